The number of hydrogen-bond acceptors (Lipinski definition) is 5. The highest BCUT2D eigenvalue weighted by atomic mass is 19.4. The summed E-state index contributed by atoms with van der Waals surface area (Å²) in [6.45, 7) is 0. The quantitative estimate of drug-likeness (QED) is 0.0665. The van der Waals surface area contributed by atoms with Crippen LogP contribution in [0.2, 0.25) is 0 Å². The van der Waals surface area contributed by atoms with Crippen LogP contribution < -0.4 is 4.90 Å². The molecule has 0 atom stereocenters. The molecule has 0 saturated heterocycles. The molecule has 6 rings (SSSR count). The molecular weight excluding hydrogens is 796 g/mol. The van der Waals surface area contributed by atoms with Crippen LogP contribution in [-0.4, -0.2) is 4.92 Å². The SMILES string of the molecule is O=[N+]([O-])c1ccc(N=Nc2ccc(N(c3ccc(-c4cc(C(F)(F)F)cc(C(F)(F)F)c4)cc3)c3ccc(-c4cc(C(F)(F)F)cc(C(F)(F)F)c4)cc3)cc2)cc1. The van der Waals surface area contributed by atoms with Gasteiger partial charge in [-0.05, 0) is 119 Å². The lowest BCUT2D eigenvalue weighted by Gasteiger charge is -2.26. The Kier molecular flexibility index (Phi) is 10.8. The van der Waals surface area contributed by atoms with E-state index in [2.05, 4.69) is 10.2 Å². The Bertz CT molecular complexity index is 2270. The van der Waals surface area contributed by atoms with E-state index < -0.39 is 51.9 Å². The van der Waals surface area contributed by atoms with Gasteiger partial charge in [-0.3, -0.25) is 10.1 Å². The highest BCUT2D eigenvalue weighted by Gasteiger charge is 2.38. The summed E-state index contributed by atoms with van der Waals surface area (Å²) in [5.74, 6) is 0. The Morgan fingerprint density at radius 1 is 0.397 bits per heavy atom. The number of hydrogen-bond donors (Lipinski definition) is 0. The molecule has 0 bridgehead atoms. The number of alkyl halides is 12. The highest BCUT2D eigenvalue weighted by Crippen LogP contribution is 2.43. The van der Waals surface area contributed by atoms with Crippen molar-refractivity contribution in [3.8, 4) is 22.3 Å². The average molecular weight is 819 g/mol. The van der Waals surface area contributed by atoms with E-state index >= 15 is 0 Å². The van der Waals surface area contributed by atoms with Crippen LogP contribution >= 0.6 is 0 Å². The minimum absolute atomic E-state index is 0.00171. The summed E-state index contributed by atoms with van der Waals surface area (Å²) in [6, 6.07) is 24.3. The molecule has 0 N–H and O–H groups in total. The first-order chi connectivity index (χ1) is 27.1. The van der Waals surface area contributed by atoms with Crippen molar-refractivity contribution in [2.45, 2.75) is 24.7 Å². The first kappa shape index (κ1) is 40.9. The summed E-state index contributed by atoms with van der Waals surface area (Å²) in [7, 11) is 0. The molecule has 58 heavy (non-hydrogen) atoms. The third kappa shape index (κ3) is 9.45. The Morgan fingerprint density at radius 3 is 0.948 bits per heavy atom. The van der Waals surface area contributed by atoms with Crippen LogP contribution in [0.4, 0.5) is 86.8 Å². The van der Waals surface area contributed by atoms with E-state index in [0.717, 1.165) is 0 Å². The van der Waals surface area contributed by atoms with Gasteiger partial charge in [-0.1, -0.05) is 24.3 Å². The Labute approximate surface area is 319 Å². The van der Waals surface area contributed by atoms with Gasteiger partial charge in [-0.25, -0.2) is 0 Å². The van der Waals surface area contributed by atoms with E-state index in [0.29, 0.717) is 52.7 Å². The van der Waals surface area contributed by atoms with Gasteiger partial charge in [0.25, 0.3) is 5.69 Å². The van der Waals surface area contributed by atoms with Gasteiger partial charge >= 0.3 is 24.7 Å². The molecule has 298 valence electrons. The number of benzene rings is 6. The molecule has 0 radical (unpaired) electrons. The predicted molar refractivity (Wildman–Crippen MR) is 189 cm³/mol. The molecule has 0 heterocycles. The molecule has 0 aliphatic carbocycles. The van der Waals surface area contributed by atoms with Crippen LogP contribution in [0.15, 0.2) is 144 Å². The van der Waals surface area contributed by atoms with Crippen LogP contribution in [0.1, 0.15) is 22.3 Å². The van der Waals surface area contributed by atoms with Crippen LogP contribution in [0.5, 0.6) is 0 Å². The van der Waals surface area contributed by atoms with Gasteiger partial charge in [0, 0.05) is 29.2 Å². The molecule has 6 aromatic carbocycles. The minimum Gasteiger partial charge on any atom is -0.311 e. The third-order valence-corrected chi connectivity index (χ3v) is 8.54. The molecule has 0 fully saturated rings. The number of anilines is 3. The zero-order chi connectivity index (χ0) is 42.2. The molecule has 0 amide bonds. The average Bonchev–Trinajstić information content (AvgIpc) is 3.16. The Balaban J connectivity index is 1.40. The molecule has 0 spiro atoms. The Morgan fingerprint density at radius 2 is 0.672 bits per heavy atom. The molecule has 0 aliphatic heterocycles. The largest absolute Gasteiger partial charge is 0.416 e. The second-order valence-electron chi connectivity index (χ2n) is 12.5. The maximum Gasteiger partial charge on any atom is 0.416 e. The number of nitro groups is 1. The number of azo groups is 1. The van der Waals surface area contributed by atoms with Crippen molar-refractivity contribution < 1.29 is 57.6 Å². The van der Waals surface area contributed by atoms with Crippen molar-refractivity contribution >= 4 is 34.1 Å². The summed E-state index contributed by atoms with van der Waals surface area (Å²) >= 11 is 0. The summed E-state index contributed by atoms with van der Waals surface area (Å²) in [5, 5.41) is 19.1. The van der Waals surface area contributed by atoms with E-state index in [-0.39, 0.29) is 40.1 Å². The van der Waals surface area contributed by atoms with Crippen LogP contribution in [0.3, 0.4) is 0 Å². The van der Waals surface area contributed by atoms with Crippen molar-refractivity contribution in [3.05, 3.63) is 166 Å². The minimum atomic E-state index is -5.09. The van der Waals surface area contributed by atoms with Gasteiger partial charge in [0.05, 0.1) is 38.6 Å². The summed E-state index contributed by atoms with van der Waals surface area (Å²) in [5.41, 5.74) is -5.45. The number of rotatable bonds is 8. The first-order valence-corrected chi connectivity index (χ1v) is 16.4. The molecule has 6 aromatic rings. The van der Waals surface area contributed by atoms with Gasteiger partial charge in [-0.15, -0.1) is 0 Å². The summed E-state index contributed by atoms with van der Waals surface area (Å²) in [6.07, 6.45) is -20.4. The Hall–Kier alpha value is -6.72. The van der Waals surface area contributed by atoms with E-state index in [1.165, 1.54) is 84.9 Å². The van der Waals surface area contributed by atoms with Crippen molar-refractivity contribution in [1.82, 2.24) is 0 Å². The van der Waals surface area contributed by atoms with Crippen LogP contribution in [0, 0.1) is 10.1 Å². The summed E-state index contributed by atoms with van der Waals surface area (Å²) in [4.78, 5) is 11.9. The second-order valence-corrected chi connectivity index (χ2v) is 12.5. The van der Waals surface area contributed by atoms with Crippen molar-refractivity contribution in [1.29, 1.82) is 0 Å². The standard InChI is InChI=1S/C40H22F12N4O2/c41-37(42,43)27-17-25(18-28(21-27)38(44,45)46)23-1-9-33(10-2-23)55(35-13-5-31(6-14-35)53-54-32-7-15-36(16-8-32)56(57)58)34-11-3-24(4-12-34)26-19-29(39(47,48)49)22-30(20-26)40(50,51)52/h1-22H. The maximum absolute atomic E-state index is 13.6. The van der Waals surface area contributed by atoms with Crippen molar-refractivity contribution in [2.75, 3.05) is 4.90 Å². The molecule has 0 saturated carbocycles. The zero-order valence-corrected chi connectivity index (χ0v) is 28.8. The number of nitrogens with zero attached hydrogens (tertiary/aromatic N) is 4. The molecule has 0 unspecified atom stereocenters. The monoisotopic (exact) mass is 818 g/mol. The van der Waals surface area contributed by atoms with Gasteiger partial charge in [-0.2, -0.15) is 62.9 Å². The van der Waals surface area contributed by atoms with Gasteiger partial charge in [0.1, 0.15) is 0 Å². The fraction of sp³-hybridized carbons (Fsp3) is 0.100. The zero-order valence-electron chi connectivity index (χ0n) is 28.8. The smallest absolute Gasteiger partial charge is 0.311 e. The van der Waals surface area contributed by atoms with Gasteiger partial charge < -0.3 is 4.90 Å². The highest BCUT2D eigenvalue weighted by molar-refractivity contribution is 5.80. The lowest BCUT2D eigenvalue weighted by molar-refractivity contribution is -0.384. The van der Waals surface area contributed by atoms with Crippen molar-refractivity contribution in [3.63, 3.8) is 0 Å². The molecule has 6 nitrogen and oxygen atoms in total. The molecule has 0 aliphatic rings. The van der Waals surface area contributed by atoms with Crippen LogP contribution in [-0.2, 0) is 24.7 Å². The second kappa shape index (κ2) is 15.3. The predicted octanol–water partition coefficient (Wildman–Crippen LogP) is 14.9. The fourth-order valence-corrected chi connectivity index (χ4v) is 5.72. The van der Waals surface area contributed by atoms with Gasteiger partial charge in [0.15, 0.2) is 0 Å². The third-order valence-electron chi connectivity index (χ3n) is 8.54. The van der Waals surface area contributed by atoms with E-state index in [9.17, 15) is 62.8 Å². The normalized spacial score (nSPS) is 12.6. The van der Waals surface area contributed by atoms with Crippen LogP contribution in [0.25, 0.3) is 22.3 Å². The molecule has 0 aromatic heterocycles. The lowest BCUT2D eigenvalue weighted by atomic mass is 9.98. The topological polar surface area (TPSA) is 71.1 Å². The lowest BCUT2D eigenvalue weighted by Crippen LogP contribution is -2.11. The van der Waals surface area contributed by atoms with Gasteiger partial charge in [0.2, 0.25) is 0 Å². The first-order valence-electron chi connectivity index (χ1n) is 16.4. The van der Waals surface area contributed by atoms with Crippen molar-refractivity contribution in [2.24, 2.45) is 10.2 Å². The number of nitro benzene ring substituents is 1. The fourth-order valence-electron chi connectivity index (χ4n) is 5.72. The van der Waals surface area contributed by atoms with E-state index in [1.807, 2.05) is 0 Å². The maximum atomic E-state index is 13.6. The molecule has 18 heteroatoms. The van der Waals surface area contributed by atoms with E-state index in [1.54, 1.807) is 17.0 Å². The number of non-ortho nitro benzene ring substituents is 1. The number of halogens is 12. The summed E-state index contributed by atoms with van der Waals surface area (Å²) < 4.78 is 163. The molecular formula is C40H22F12N4O2. The van der Waals surface area contributed by atoms with E-state index in [4.69, 9.17) is 0 Å².